The third kappa shape index (κ3) is 43.2. The summed E-state index contributed by atoms with van der Waals surface area (Å²) >= 11 is 0. The summed E-state index contributed by atoms with van der Waals surface area (Å²) in [6.07, 6.45) is -35.4. The summed E-state index contributed by atoms with van der Waals surface area (Å²) < 4.78 is 268. The summed E-state index contributed by atoms with van der Waals surface area (Å²) in [6, 6.07) is -0.104. The van der Waals surface area contributed by atoms with Gasteiger partial charge in [-0.3, -0.25) is 13.9 Å². The summed E-state index contributed by atoms with van der Waals surface area (Å²) in [5.74, 6) is -1.06. The highest BCUT2D eigenvalue weighted by molar-refractivity contribution is 5.87. The molecule has 0 spiro atoms. The molecule has 0 saturated heterocycles. The Bertz CT molecular complexity index is 1860. The number of amides is 4. The minimum Gasteiger partial charge on any atom is -0.460 e. The predicted molar refractivity (Wildman–Crippen MR) is 235 cm³/mol. The van der Waals surface area contributed by atoms with E-state index in [2.05, 4.69) is 90.9 Å². The monoisotopic (exact) mass is 1280 g/mol. The van der Waals surface area contributed by atoms with E-state index in [1.807, 2.05) is 6.92 Å². The van der Waals surface area contributed by atoms with Crippen LogP contribution in [0.2, 0.25) is 0 Å². The van der Waals surface area contributed by atoms with Crippen molar-refractivity contribution in [2.45, 2.75) is 109 Å². The highest BCUT2D eigenvalue weighted by Gasteiger charge is 2.67. The van der Waals surface area contributed by atoms with Gasteiger partial charge in [0.1, 0.15) is 39.8 Å². The van der Waals surface area contributed by atoms with Gasteiger partial charge in [0.2, 0.25) is 6.86 Å². The Labute approximate surface area is 458 Å². The minimum absolute atomic E-state index is 0.00687. The molecule has 1 saturated carbocycles. The van der Waals surface area contributed by atoms with Gasteiger partial charge in [-0.25, -0.2) is 60.2 Å². The molecule has 2 unspecified atom stereocenters. The average molecular weight is 1280 g/mol. The zero-order valence-electron chi connectivity index (χ0n) is 44.5. The van der Waals surface area contributed by atoms with Crippen LogP contribution in [0.15, 0.2) is 24.3 Å². The van der Waals surface area contributed by atoms with Crippen molar-refractivity contribution in [3.05, 3.63) is 24.3 Å². The number of hydrogen-bond acceptors (Lipinski definition) is 18. The van der Waals surface area contributed by atoms with Gasteiger partial charge >= 0.3 is 73.3 Å². The Kier molecular flexibility index (Phi) is 44.0. The summed E-state index contributed by atoms with van der Waals surface area (Å²) in [7, 11) is 1.31. The number of alkyl halides is 18. The van der Waals surface area contributed by atoms with Crippen molar-refractivity contribution >= 4 is 36.3 Å². The van der Waals surface area contributed by atoms with Crippen LogP contribution in [0.4, 0.5) is 107 Å². The van der Waals surface area contributed by atoms with Crippen LogP contribution >= 0.6 is 0 Å². The van der Waals surface area contributed by atoms with Crippen LogP contribution in [0.1, 0.15) is 60.8 Å². The third-order valence-corrected chi connectivity index (χ3v) is 7.80. The summed E-state index contributed by atoms with van der Waals surface area (Å²) in [5, 5.41) is 10.0. The molecule has 0 bridgehead atoms. The van der Waals surface area contributed by atoms with Gasteiger partial charge in [-0.05, 0) is 61.4 Å². The number of methoxy groups -OCH3 is 1. The quantitative estimate of drug-likeness (QED) is 0.0149. The Morgan fingerprint density at radius 3 is 1.20 bits per heavy atom. The van der Waals surface area contributed by atoms with Gasteiger partial charge in [-0.15, -0.1) is 27.4 Å². The van der Waals surface area contributed by atoms with Crippen LogP contribution in [0, 0.1) is 5.41 Å². The van der Waals surface area contributed by atoms with Gasteiger partial charge in [-0.1, -0.05) is 27.0 Å². The van der Waals surface area contributed by atoms with Gasteiger partial charge in [0.15, 0.2) is 13.7 Å². The molecular formula is C41H60F20N4O18. The van der Waals surface area contributed by atoms with Crippen LogP contribution < -0.4 is 21.3 Å². The molecule has 0 aromatic heterocycles. The molecule has 4 amide bonds. The number of esters is 2. The van der Waals surface area contributed by atoms with E-state index in [-0.39, 0.29) is 68.8 Å². The second kappa shape index (κ2) is 42.6. The number of nitrogens with one attached hydrogen (secondary N) is 4. The summed E-state index contributed by atoms with van der Waals surface area (Å²) in [6.45, 7) is 9.50. The van der Waals surface area contributed by atoms with Crippen LogP contribution in [-0.4, -0.2) is 172 Å². The molecule has 0 radical (unpaired) electrons. The molecule has 1 aliphatic carbocycles. The SMILES string of the molecule is C=C(C)C(=O)OCCNC(=O)OCCF.C=C(C)C(=O)OCCNC(=O)OCF.CCF.COC(=O)NC1CC(C)(C)CC(C)(NC(=O)OCCF)C1.FCOC(F)(F)OC(F)(F)C(F)(F)OF.FCOC(F)(F)OC(F)(F)C(F)(F)OF. The standard InChI is InChI=1S/C14H25FN2O4.C9H14FNO4.C8H12FNO4.2C4H2F8O3.C2H5F/c1-13(2)7-10(16-11(18)20-4)8-14(3,9-13)17-12(19)21-6-5-15;1-7(2)8(12)14-6-4-11-9(13)15-5-3-10;1-6(2)7(11)13-4-3-10-8(12)14-5-9;2*5-1-13-4(10,11)14-2(6,7)3(8,9)15-12;1-2-3/h10H,5-9H2,1-4H3,(H,16,18)(H,17,19);1,3-6H2,2H3,(H,11,13);1,3-5H2,2H3,(H,10,12);2*1H2;2H2,1H3. The lowest BCUT2D eigenvalue weighted by molar-refractivity contribution is -0.548. The molecule has 492 valence electrons. The van der Waals surface area contributed by atoms with Crippen LogP contribution in [0.25, 0.3) is 0 Å². The van der Waals surface area contributed by atoms with Gasteiger partial charge in [0, 0.05) is 22.7 Å². The highest BCUT2D eigenvalue weighted by Crippen LogP contribution is 2.43. The molecule has 22 nitrogen and oxygen atoms in total. The first-order valence-corrected chi connectivity index (χ1v) is 22.1. The number of rotatable bonds is 27. The normalized spacial score (nSPS) is 15.6. The lowest BCUT2D eigenvalue weighted by Crippen LogP contribution is -2.57. The van der Waals surface area contributed by atoms with E-state index in [4.69, 9.17) is 4.74 Å². The van der Waals surface area contributed by atoms with Gasteiger partial charge in [0.05, 0.1) is 26.9 Å². The lowest BCUT2D eigenvalue weighted by Gasteiger charge is -2.46. The molecule has 1 rings (SSSR count). The molecule has 42 heteroatoms. The molecule has 0 aromatic carbocycles. The van der Waals surface area contributed by atoms with Crippen molar-refractivity contribution < 1.29 is 174 Å². The summed E-state index contributed by atoms with van der Waals surface area (Å²) in [4.78, 5) is 68.8. The van der Waals surface area contributed by atoms with Crippen molar-refractivity contribution in [1.29, 1.82) is 0 Å². The molecule has 0 heterocycles. The Morgan fingerprint density at radius 1 is 0.530 bits per heavy atom. The van der Waals surface area contributed by atoms with Crippen molar-refractivity contribution in [3.63, 3.8) is 0 Å². The highest BCUT2D eigenvalue weighted by atomic mass is 19.4. The zero-order chi connectivity index (χ0) is 66.1. The molecule has 0 aromatic rings. The van der Waals surface area contributed by atoms with E-state index in [0.29, 0.717) is 6.42 Å². The van der Waals surface area contributed by atoms with Crippen LogP contribution in [-0.2, 0) is 66.8 Å². The maximum absolute atomic E-state index is 12.0. The topological polar surface area (TPSA) is 261 Å². The smallest absolute Gasteiger partial charge is 0.460 e. The molecule has 1 fully saturated rings. The molecule has 83 heavy (non-hydrogen) atoms. The number of halogens is 20. The second-order valence-corrected chi connectivity index (χ2v) is 15.8. The fraction of sp³-hybridized carbons (Fsp3) is 0.756. The molecule has 0 aliphatic heterocycles. The number of hydrogen-bond donors (Lipinski definition) is 4. The van der Waals surface area contributed by atoms with Crippen LogP contribution in [0.5, 0.6) is 0 Å². The van der Waals surface area contributed by atoms with Gasteiger partial charge in [-0.2, -0.15) is 35.1 Å². The van der Waals surface area contributed by atoms with Crippen molar-refractivity contribution in [3.8, 4) is 0 Å². The first-order valence-electron chi connectivity index (χ1n) is 22.1. The van der Waals surface area contributed by atoms with E-state index >= 15 is 0 Å². The Balaban J connectivity index is -0.000000304. The molecule has 2 atom stereocenters. The first kappa shape index (κ1) is 85.7. The first-order chi connectivity index (χ1) is 37.9. The van der Waals surface area contributed by atoms with E-state index in [9.17, 15) is 117 Å². The number of carbonyl (C=O) groups is 6. The van der Waals surface area contributed by atoms with Crippen LogP contribution in [0.3, 0.4) is 0 Å². The Morgan fingerprint density at radius 2 is 0.892 bits per heavy atom. The van der Waals surface area contributed by atoms with Crippen molar-refractivity contribution in [1.82, 2.24) is 21.3 Å². The zero-order valence-corrected chi connectivity index (χ0v) is 44.5. The van der Waals surface area contributed by atoms with E-state index in [1.54, 1.807) is 0 Å². The van der Waals surface area contributed by atoms with E-state index < -0.39 is 113 Å². The Hall–Kier alpha value is -6.14. The fourth-order valence-corrected chi connectivity index (χ4v) is 5.14. The molecule has 1 aliphatic rings. The second-order valence-electron chi connectivity index (χ2n) is 15.8. The van der Waals surface area contributed by atoms with Gasteiger partial charge in [0.25, 0.3) is 0 Å². The number of ether oxygens (including phenoxy) is 10. The lowest BCUT2D eigenvalue weighted by atomic mass is 9.67. The number of alkyl carbamates (subject to hydrolysis) is 4. The third-order valence-electron chi connectivity index (χ3n) is 7.80. The average Bonchev–Trinajstić information content (AvgIpc) is 3.34. The fourth-order valence-electron chi connectivity index (χ4n) is 5.14. The van der Waals surface area contributed by atoms with Crippen molar-refractivity contribution in [2.24, 2.45) is 5.41 Å². The maximum atomic E-state index is 12.0. The van der Waals surface area contributed by atoms with E-state index in [1.165, 1.54) is 37.8 Å². The minimum atomic E-state index is -6.04. The van der Waals surface area contributed by atoms with Gasteiger partial charge < -0.3 is 49.7 Å². The molecule has 4 N–H and O–H groups in total. The predicted octanol–water partition coefficient (Wildman–Crippen LogP) is 10.1. The number of carbonyl (C=O) groups excluding carboxylic acids is 6. The summed E-state index contributed by atoms with van der Waals surface area (Å²) in [5.41, 5.74) is -0.0290. The van der Waals surface area contributed by atoms with E-state index in [0.717, 1.165) is 12.8 Å². The maximum Gasteiger partial charge on any atom is 0.492 e. The van der Waals surface area contributed by atoms with Crippen molar-refractivity contribution in [2.75, 3.05) is 87.2 Å². The largest absolute Gasteiger partial charge is 0.492 e. The molecular weight excluding hydrogens is 1220 g/mol.